The van der Waals surface area contributed by atoms with Gasteiger partial charge in [-0.05, 0) is 35.6 Å². The van der Waals surface area contributed by atoms with E-state index in [1.165, 1.54) is 4.90 Å². The van der Waals surface area contributed by atoms with Crippen molar-refractivity contribution in [2.24, 2.45) is 0 Å². The fraction of sp³-hybridized carbons (Fsp3) is 0.222. The molecule has 6 nitrogen and oxygen atoms in total. The number of carboxylic acid groups (broad SMARTS) is 2. The molecule has 3 aromatic carbocycles. The maximum absolute atomic E-state index is 12.6. The van der Waals surface area contributed by atoms with Crippen molar-refractivity contribution in [3.63, 3.8) is 0 Å². The molecule has 4 rings (SSSR count). The van der Waals surface area contributed by atoms with Crippen LogP contribution >= 0.6 is 0 Å². The summed E-state index contributed by atoms with van der Waals surface area (Å²) in [7, 11) is 0. The van der Waals surface area contributed by atoms with Gasteiger partial charge in [-0.15, -0.1) is 0 Å². The van der Waals surface area contributed by atoms with E-state index in [0.717, 1.165) is 16.7 Å². The molecule has 1 atom stereocenters. The SMILES string of the molecule is O=C(O)C(Cc1ccccc1)N1CCc2ccccc2C1=O.O=C(O)CCc1ccccc1. The van der Waals surface area contributed by atoms with Gasteiger partial charge in [0, 0.05) is 24.9 Å². The van der Waals surface area contributed by atoms with Crippen LogP contribution in [0.25, 0.3) is 0 Å². The lowest BCUT2D eigenvalue weighted by Crippen LogP contribution is -2.49. The molecule has 1 aliphatic heterocycles. The molecule has 0 aromatic heterocycles. The fourth-order valence-corrected chi connectivity index (χ4v) is 3.81. The van der Waals surface area contributed by atoms with Gasteiger partial charge in [0.2, 0.25) is 0 Å². The van der Waals surface area contributed by atoms with Crippen molar-refractivity contribution in [3.05, 3.63) is 107 Å². The standard InChI is InChI=1S/C18H17NO3.C9H10O2/c20-17-15-9-5-4-8-14(15)10-11-19(17)16(18(21)22)12-13-6-2-1-3-7-13;10-9(11)7-6-8-4-2-1-3-5-8/h1-9,16H,10-12H2,(H,21,22);1-5H,6-7H2,(H,10,11). The summed E-state index contributed by atoms with van der Waals surface area (Å²) in [6.45, 7) is 0.444. The van der Waals surface area contributed by atoms with E-state index in [1.54, 1.807) is 6.07 Å². The molecule has 0 saturated carbocycles. The summed E-state index contributed by atoms with van der Waals surface area (Å²) in [5.74, 6) is -1.89. The Kier molecular flexibility index (Phi) is 8.36. The van der Waals surface area contributed by atoms with Gasteiger partial charge in [0.1, 0.15) is 6.04 Å². The molecule has 33 heavy (non-hydrogen) atoms. The molecule has 0 saturated heterocycles. The molecule has 0 spiro atoms. The van der Waals surface area contributed by atoms with Crippen molar-refractivity contribution >= 4 is 17.8 Å². The first kappa shape index (κ1) is 23.7. The summed E-state index contributed by atoms with van der Waals surface area (Å²) < 4.78 is 0. The number of hydrogen-bond acceptors (Lipinski definition) is 3. The van der Waals surface area contributed by atoms with Gasteiger partial charge < -0.3 is 15.1 Å². The first-order valence-electron chi connectivity index (χ1n) is 10.9. The van der Waals surface area contributed by atoms with Crippen LogP contribution < -0.4 is 0 Å². The Balaban J connectivity index is 0.000000235. The maximum atomic E-state index is 12.6. The van der Waals surface area contributed by atoms with E-state index in [1.807, 2.05) is 78.9 Å². The van der Waals surface area contributed by atoms with Crippen LogP contribution in [-0.2, 0) is 28.9 Å². The summed E-state index contributed by atoms with van der Waals surface area (Å²) in [5.41, 5.74) is 3.61. The number of benzene rings is 3. The molecule has 3 aromatic rings. The first-order chi connectivity index (χ1) is 16.0. The lowest BCUT2D eigenvalue weighted by atomic mass is 9.96. The van der Waals surface area contributed by atoms with Crippen LogP contribution in [0.2, 0.25) is 0 Å². The zero-order valence-corrected chi connectivity index (χ0v) is 18.3. The number of carboxylic acids is 2. The summed E-state index contributed by atoms with van der Waals surface area (Å²) in [5, 5.41) is 17.9. The highest BCUT2D eigenvalue weighted by molar-refractivity contribution is 5.98. The van der Waals surface area contributed by atoms with Gasteiger partial charge in [0.15, 0.2) is 0 Å². The number of carbonyl (C=O) groups excluding carboxylic acids is 1. The average Bonchev–Trinajstić information content (AvgIpc) is 2.84. The largest absolute Gasteiger partial charge is 0.481 e. The summed E-state index contributed by atoms with van der Waals surface area (Å²) in [6, 6.07) is 25.6. The Morgan fingerprint density at radius 1 is 0.818 bits per heavy atom. The van der Waals surface area contributed by atoms with Gasteiger partial charge in [-0.25, -0.2) is 4.79 Å². The predicted molar refractivity (Wildman–Crippen MR) is 125 cm³/mol. The lowest BCUT2D eigenvalue weighted by Gasteiger charge is -2.33. The Morgan fingerprint density at radius 3 is 2.00 bits per heavy atom. The van der Waals surface area contributed by atoms with E-state index < -0.39 is 18.0 Å². The van der Waals surface area contributed by atoms with Crippen LogP contribution in [-0.4, -0.2) is 45.5 Å². The zero-order chi connectivity index (χ0) is 23.6. The molecule has 1 amide bonds. The van der Waals surface area contributed by atoms with E-state index in [2.05, 4.69) is 0 Å². The number of nitrogens with zero attached hydrogens (tertiary/aromatic N) is 1. The van der Waals surface area contributed by atoms with Crippen molar-refractivity contribution < 1.29 is 24.6 Å². The molecule has 170 valence electrons. The van der Waals surface area contributed by atoms with Gasteiger partial charge in [-0.3, -0.25) is 9.59 Å². The van der Waals surface area contributed by atoms with Crippen LogP contribution in [0.15, 0.2) is 84.9 Å². The Labute approximate surface area is 193 Å². The van der Waals surface area contributed by atoms with Crippen LogP contribution in [0.4, 0.5) is 0 Å². The Hall–Kier alpha value is -3.93. The van der Waals surface area contributed by atoms with Crippen molar-refractivity contribution in [2.75, 3.05) is 6.54 Å². The third kappa shape index (κ3) is 6.77. The summed E-state index contributed by atoms with van der Waals surface area (Å²) in [4.78, 5) is 35.9. The minimum atomic E-state index is -0.961. The highest BCUT2D eigenvalue weighted by Gasteiger charge is 2.33. The molecule has 1 heterocycles. The highest BCUT2D eigenvalue weighted by atomic mass is 16.4. The molecule has 1 aliphatic rings. The molecule has 2 N–H and O–H groups in total. The van der Waals surface area contributed by atoms with Gasteiger partial charge in [0.25, 0.3) is 5.91 Å². The number of carbonyl (C=O) groups is 3. The van der Waals surface area contributed by atoms with Gasteiger partial charge in [0.05, 0.1) is 0 Å². The molecular weight excluding hydrogens is 418 g/mol. The van der Waals surface area contributed by atoms with E-state index in [9.17, 15) is 19.5 Å². The van der Waals surface area contributed by atoms with E-state index in [-0.39, 0.29) is 12.3 Å². The second-order valence-corrected chi connectivity index (χ2v) is 7.83. The quantitative estimate of drug-likeness (QED) is 0.571. The van der Waals surface area contributed by atoms with Gasteiger partial charge in [-0.1, -0.05) is 78.9 Å². The van der Waals surface area contributed by atoms with Crippen LogP contribution in [0, 0.1) is 0 Å². The Morgan fingerprint density at radius 2 is 1.39 bits per heavy atom. The number of amides is 1. The third-order valence-corrected chi connectivity index (χ3v) is 5.53. The van der Waals surface area contributed by atoms with Crippen LogP contribution in [0.1, 0.15) is 33.5 Å². The van der Waals surface area contributed by atoms with E-state index >= 15 is 0 Å². The fourth-order valence-electron chi connectivity index (χ4n) is 3.81. The van der Waals surface area contributed by atoms with E-state index in [0.29, 0.717) is 31.4 Å². The second kappa shape index (κ2) is 11.6. The molecule has 6 heteroatoms. The average molecular weight is 446 g/mol. The maximum Gasteiger partial charge on any atom is 0.326 e. The second-order valence-electron chi connectivity index (χ2n) is 7.83. The smallest absolute Gasteiger partial charge is 0.326 e. The molecule has 1 unspecified atom stereocenters. The number of aliphatic carboxylic acids is 2. The molecule has 0 fully saturated rings. The summed E-state index contributed by atoms with van der Waals surface area (Å²) >= 11 is 0. The van der Waals surface area contributed by atoms with Crippen LogP contribution in [0.5, 0.6) is 0 Å². The zero-order valence-electron chi connectivity index (χ0n) is 18.3. The predicted octanol–water partition coefficient (Wildman–Crippen LogP) is 4.08. The number of fused-ring (bicyclic) bond motifs is 1. The van der Waals surface area contributed by atoms with Crippen molar-refractivity contribution in [2.45, 2.75) is 31.7 Å². The van der Waals surface area contributed by atoms with Crippen molar-refractivity contribution in [1.29, 1.82) is 0 Å². The van der Waals surface area contributed by atoms with Crippen molar-refractivity contribution in [1.82, 2.24) is 4.90 Å². The first-order valence-corrected chi connectivity index (χ1v) is 10.9. The highest BCUT2D eigenvalue weighted by Crippen LogP contribution is 2.22. The van der Waals surface area contributed by atoms with Crippen LogP contribution in [0.3, 0.4) is 0 Å². The number of rotatable bonds is 7. The topological polar surface area (TPSA) is 94.9 Å². The summed E-state index contributed by atoms with van der Waals surface area (Å²) in [6.07, 6.45) is 1.85. The van der Waals surface area contributed by atoms with E-state index in [4.69, 9.17) is 5.11 Å². The van der Waals surface area contributed by atoms with Gasteiger partial charge >= 0.3 is 11.9 Å². The Bertz CT molecular complexity index is 1080. The minimum absolute atomic E-state index is 0.190. The van der Waals surface area contributed by atoms with Gasteiger partial charge in [-0.2, -0.15) is 0 Å². The normalized spacial score (nSPS) is 13.3. The number of hydrogen-bond donors (Lipinski definition) is 2. The van der Waals surface area contributed by atoms with Crippen molar-refractivity contribution in [3.8, 4) is 0 Å². The molecule has 0 radical (unpaired) electrons. The third-order valence-electron chi connectivity index (χ3n) is 5.53. The minimum Gasteiger partial charge on any atom is -0.481 e. The monoisotopic (exact) mass is 445 g/mol. The number of aryl methyl sites for hydroxylation is 1. The molecule has 0 bridgehead atoms. The molecular formula is C27H27NO5. The molecule has 0 aliphatic carbocycles. The lowest BCUT2D eigenvalue weighted by molar-refractivity contribution is -0.142.